The van der Waals surface area contributed by atoms with Gasteiger partial charge in [-0.05, 0) is 30.5 Å². The number of benzene rings is 2. The van der Waals surface area contributed by atoms with Crippen molar-refractivity contribution >= 4 is 7.14 Å². The highest BCUT2D eigenvalue weighted by Gasteiger charge is 2.31. The van der Waals surface area contributed by atoms with E-state index in [4.69, 9.17) is 0 Å². The Morgan fingerprint density at radius 1 is 1.00 bits per heavy atom. The molecular formula is C20H26NO2P. The number of aliphatic hydroxyl groups is 1. The monoisotopic (exact) mass is 343 g/mol. The number of nitrogens with one attached hydrogen (secondary N) is 1. The van der Waals surface area contributed by atoms with Crippen LogP contribution in [-0.2, 0) is 16.9 Å². The van der Waals surface area contributed by atoms with Crippen molar-refractivity contribution in [2.75, 3.05) is 12.7 Å². The molecule has 0 spiro atoms. The van der Waals surface area contributed by atoms with Crippen molar-refractivity contribution in [2.45, 2.75) is 37.3 Å². The zero-order chi connectivity index (χ0) is 16.8. The predicted octanol–water partition coefficient (Wildman–Crippen LogP) is 3.86. The van der Waals surface area contributed by atoms with Crippen molar-refractivity contribution in [1.29, 1.82) is 0 Å². The van der Waals surface area contributed by atoms with Gasteiger partial charge in [0.15, 0.2) is 0 Å². The molecule has 2 atom stereocenters. The Bertz CT molecular complexity index is 623. The Balaban J connectivity index is 1.78. The first-order valence-corrected chi connectivity index (χ1v) is 11.0. The van der Waals surface area contributed by atoms with Crippen LogP contribution in [0.4, 0.5) is 0 Å². The zero-order valence-electron chi connectivity index (χ0n) is 14.0. The van der Waals surface area contributed by atoms with Gasteiger partial charge in [0.25, 0.3) is 0 Å². The summed E-state index contributed by atoms with van der Waals surface area (Å²) in [5, 5.41) is 13.9. The van der Waals surface area contributed by atoms with Crippen molar-refractivity contribution in [2.24, 2.45) is 0 Å². The second-order valence-corrected chi connectivity index (χ2v) is 9.91. The third-order valence-corrected chi connectivity index (χ3v) is 7.63. The summed E-state index contributed by atoms with van der Waals surface area (Å²) in [6, 6.07) is 20.1. The molecule has 1 aliphatic heterocycles. The van der Waals surface area contributed by atoms with Crippen LogP contribution in [0.15, 0.2) is 60.7 Å². The molecule has 3 rings (SSSR count). The van der Waals surface area contributed by atoms with Gasteiger partial charge >= 0.3 is 0 Å². The lowest BCUT2D eigenvalue weighted by atomic mass is 10.1. The SMILES string of the molecule is O=P(Cc1ccccc1)(Cc1ccccc1)C[C@@H](O)[C@@H]1CCCN1. The average Bonchev–Trinajstić information content (AvgIpc) is 3.11. The Morgan fingerprint density at radius 2 is 1.54 bits per heavy atom. The summed E-state index contributed by atoms with van der Waals surface area (Å²) in [4.78, 5) is 0. The van der Waals surface area contributed by atoms with E-state index in [1.165, 1.54) is 0 Å². The van der Waals surface area contributed by atoms with E-state index >= 15 is 0 Å². The Hall–Kier alpha value is -1.41. The summed E-state index contributed by atoms with van der Waals surface area (Å²) in [7, 11) is -2.56. The highest BCUT2D eigenvalue weighted by Crippen LogP contribution is 2.53. The van der Waals surface area contributed by atoms with Crippen LogP contribution in [0.3, 0.4) is 0 Å². The van der Waals surface area contributed by atoms with Gasteiger partial charge in [-0.15, -0.1) is 0 Å². The second kappa shape index (κ2) is 8.11. The van der Waals surface area contributed by atoms with E-state index in [0.29, 0.717) is 18.5 Å². The molecule has 2 aromatic carbocycles. The molecule has 1 heterocycles. The van der Waals surface area contributed by atoms with Gasteiger partial charge < -0.3 is 15.0 Å². The lowest BCUT2D eigenvalue weighted by Crippen LogP contribution is -2.37. The molecule has 1 aliphatic rings. The summed E-state index contributed by atoms with van der Waals surface area (Å²) in [5.74, 6) is 0. The molecule has 4 heteroatoms. The molecule has 1 fully saturated rings. The zero-order valence-corrected chi connectivity index (χ0v) is 14.9. The first-order chi connectivity index (χ1) is 11.6. The van der Waals surface area contributed by atoms with Crippen LogP contribution in [0.2, 0.25) is 0 Å². The summed E-state index contributed by atoms with van der Waals surface area (Å²) in [6.07, 6.45) is 3.00. The van der Waals surface area contributed by atoms with Crippen LogP contribution in [-0.4, -0.2) is 30.0 Å². The Labute approximate surface area is 144 Å². The minimum atomic E-state index is -2.56. The number of aliphatic hydroxyl groups excluding tert-OH is 1. The molecule has 0 aromatic heterocycles. The van der Waals surface area contributed by atoms with Gasteiger partial charge in [-0.25, -0.2) is 0 Å². The molecule has 0 radical (unpaired) electrons. The average molecular weight is 343 g/mol. The van der Waals surface area contributed by atoms with Crippen molar-refractivity contribution < 1.29 is 9.67 Å². The maximum atomic E-state index is 13.7. The molecule has 0 saturated carbocycles. The normalized spacial score (nSPS) is 19.3. The van der Waals surface area contributed by atoms with Crippen LogP contribution in [0, 0.1) is 0 Å². The summed E-state index contributed by atoms with van der Waals surface area (Å²) < 4.78 is 13.7. The van der Waals surface area contributed by atoms with E-state index in [1.54, 1.807) is 0 Å². The first-order valence-electron chi connectivity index (χ1n) is 8.71. The minimum absolute atomic E-state index is 0.0878. The molecule has 0 amide bonds. The Morgan fingerprint density at radius 3 is 2.00 bits per heavy atom. The molecule has 0 aliphatic carbocycles. The molecular weight excluding hydrogens is 317 g/mol. The highest BCUT2D eigenvalue weighted by atomic mass is 31.2. The lowest BCUT2D eigenvalue weighted by molar-refractivity contribution is 0.156. The maximum Gasteiger partial charge on any atom is 0.0986 e. The fourth-order valence-corrected chi connectivity index (χ4v) is 6.58. The molecule has 2 N–H and O–H groups in total. The van der Waals surface area contributed by atoms with Crippen molar-refractivity contribution in [3.63, 3.8) is 0 Å². The van der Waals surface area contributed by atoms with E-state index in [0.717, 1.165) is 30.5 Å². The third-order valence-electron chi connectivity index (χ3n) is 4.71. The molecule has 128 valence electrons. The van der Waals surface area contributed by atoms with Gasteiger partial charge in [0.2, 0.25) is 0 Å². The Kier molecular flexibility index (Phi) is 5.89. The number of rotatable bonds is 7. The smallest absolute Gasteiger partial charge is 0.0986 e. The molecule has 3 nitrogen and oxygen atoms in total. The van der Waals surface area contributed by atoms with Crippen molar-refractivity contribution in [1.82, 2.24) is 5.32 Å². The van der Waals surface area contributed by atoms with Crippen LogP contribution in [0.1, 0.15) is 24.0 Å². The van der Waals surface area contributed by atoms with Crippen LogP contribution >= 0.6 is 7.14 Å². The van der Waals surface area contributed by atoms with Gasteiger partial charge in [-0.3, -0.25) is 0 Å². The largest absolute Gasteiger partial charge is 0.391 e. The number of hydrogen-bond acceptors (Lipinski definition) is 3. The topological polar surface area (TPSA) is 49.3 Å². The van der Waals surface area contributed by atoms with Gasteiger partial charge in [-0.1, -0.05) is 60.7 Å². The van der Waals surface area contributed by atoms with E-state index in [2.05, 4.69) is 5.32 Å². The van der Waals surface area contributed by atoms with Crippen LogP contribution in [0.5, 0.6) is 0 Å². The molecule has 1 saturated heterocycles. The van der Waals surface area contributed by atoms with Gasteiger partial charge in [0.05, 0.1) is 13.2 Å². The predicted molar refractivity (Wildman–Crippen MR) is 99.8 cm³/mol. The van der Waals surface area contributed by atoms with Crippen molar-refractivity contribution in [3.05, 3.63) is 71.8 Å². The second-order valence-electron chi connectivity index (χ2n) is 6.80. The summed E-state index contributed by atoms with van der Waals surface area (Å²) in [6.45, 7) is 0.948. The molecule has 0 bridgehead atoms. The fourth-order valence-electron chi connectivity index (χ4n) is 3.53. The van der Waals surface area contributed by atoms with Crippen molar-refractivity contribution in [3.8, 4) is 0 Å². The number of hydrogen-bond donors (Lipinski definition) is 2. The van der Waals surface area contributed by atoms with Crippen LogP contribution < -0.4 is 5.32 Å². The van der Waals surface area contributed by atoms with E-state index in [-0.39, 0.29) is 6.04 Å². The minimum Gasteiger partial charge on any atom is -0.391 e. The van der Waals surface area contributed by atoms with E-state index in [9.17, 15) is 9.67 Å². The summed E-state index contributed by atoms with van der Waals surface area (Å²) >= 11 is 0. The van der Waals surface area contributed by atoms with Gasteiger partial charge in [0, 0.05) is 24.5 Å². The molecule has 2 aromatic rings. The first kappa shape index (κ1) is 17.4. The van der Waals surface area contributed by atoms with Crippen LogP contribution in [0.25, 0.3) is 0 Å². The maximum absolute atomic E-state index is 13.7. The molecule has 0 unspecified atom stereocenters. The third kappa shape index (κ3) is 4.80. The lowest BCUT2D eigenvalue weighted by Gasteiger charge is -2.25. The summed E-state index contributed by atoms with van der Waals surface area (Å²) in [5.41, 5.74) is 2.17. The standard InChI is InChI=1S/C20H26NO2P/c22-20(19-12-7-13-21-19)16-24(23,14-17-8-3-1-4-9-17)15-18-10-5-2-6-11-18/h1-6,8-11,19-22H,7,12-16H2/t19-,20+/m0/s1. The van der Waals surface area contributed by atoms with E-state index < -0.39 is 13.2 Å². The highest BCUT2D eigenvalue weighted by molar-refractivity contribution is 7.62. The van der Waals surface area contributed by atoms with E-state index in [1.807, 2.05) is 60.7 Å². The quantitative estimate of drug-likeness (QED) is 0.751. The molecule has 24 heavy (non-hydrogen) atoms. The van der Waals surface area contributed by atoms with Gasteiger partial charge in [-0.2, -0.15) is 0 Å². The fraction of sp³-hybridized carbons (Fsp3) is 0.400. The van der Waals surface area contributed by atoms with Gasteiger partial charge in [0.1, 0.15) is 0 Å².